The third kappa shape index (κ3) is 2.89. The summed E-state index contributed by atoms with van der Waals surface area (Å²) >= 11 is 0. The number of aromatic amines is 1. The average Bonchev–Trinajstić information content (AvgIpc) is 3.14. The maximum atomic E-state index is 13.9. The zero-order valence-electron chi connectivity index (χ0n) is 15.0. The van der Waals surface area contributed by atoms with E-state index in [1.807, 2.05) is 28.8 Å². The summed E-state index contributed by atoms with van der Waals surface area (Å²) in [5.74, 6) is -2.49. The maximum absolute atomic E-state index is 13.9. The van der Waals surface area contributed by atoms with Gasteiger partial charge in [-0.3, -0.25) is 9.59 Å². The number of H-pyrrole nitrogens is 1. The minimum Gasteiger partial charge on any atom is -0.373 e. The van der Waals surface area contributed by atoms with Crippen LogP contribution in [0.5, 0.6) is 0 Å². The highest BCUT2D eigenvalue weighted by molar-refractivity contribution is 5.96. The van der Waals surface area contributed by atoms with Gasteiger partial charge in [-0.2, -0.15) is 0 Å². The SMILES string of the molecule is O=C(N[C@H]1COCc2[nH]c(=O)c3cc(F)c(F)cc3c21)c1cc2ccccn2c1. The Hall–Kier alpha value is -3.52. The van der Waals surface area contributed by atoms with Crippen LogP contribution in [-0.2, 0) is 11.3 Å². The Morgan fingerprint density at radius 3 is 2.76 bits per heavy atom. The van der Waals surface area contributed by atoms with Crippen LogP contribution in [0.15, 0.2) is 53.6 Å². The van der Waals surface area contributed by atoms with Gasteiger partial charge in [-0.1, -0.05) is 6.07 Å². The highest BCUT2D eigenvalue weighted by atomic mass is 19.2. The third-order valence-corrected chi connectivity index (χ3v) is 5.14. The number of carbonyl (C=O) groups excluding carboxylic acids is 1. The molecule has 29 heavy (non-hydrogen) atoms. The monoisotopic (exact) mass is 395 g/mol. The largest absolute Gasteiger partial charge is 0.373 e. The highest BCUT2D eigenvalue weighted by Crippen LogP contribution is 2.30. The first-order chi connectivity index (χ1) is 14.0. The van der Waals surface area contributed by atoms with E-state index in [1.165, 1.54) is 0 Å². The molecule has 0 saturated carbocycles. The van der Waals surface area contributed by atoms with Gasteiger partial charge in [0.1, 0.15) is 0 Å². The van der Waals surface area contributed by atoms with Gasteiger partial charge in [0, 0.05) is 29.2 Å². The van der Waals surface area contributed by atoms with Crippen molar-refractivity contribution in [2.45, 2.75) is 12.6 Å². The van der Waals surface area contributed by atoms with Gasteiger partial charge in [0.05, 0.1) is 30.2 Å². The zero-order valence-corrected chi connectivity index (χ0v) is 15.0. The maximum Gasteiger partial charge on any atom is 0.256 e. The molecule has 4 heterocycles. The summed E-state index contributed by atoms with van der Waals surface area (Å²) in [6, 6.07) is 8.60. The number of halogens is 2. The van der Waals surface area contributed by atoms with Gasteiger partial charge in [-0.05, 0) is 35.7 Å². The Balaban J connectivity index is 1.58. The Bertz CT molecular complexity index is 1310. The molecule has 0 bridgehead atoms. The molecule has 146 valence electrons. The minimum absolute atomic E-state index is 0.0263. The lowest BCUT2D eigenvalue weighted by Crippen LogP contribution is -2.35. The first-order valence-corrected chi connectivity index (χ1v) is 9.00. The molecule has 8 heteroatoms. The fourth-order valence-electron chi connectivity index (χ4n) is 3.80. The lowest BCUT2D eigenvalue weighted by Gasteiger charge is -2.27. The second-order valence-electron chi connectivity index (χ2n) is 6.96. The summed E-state index contributed by atoms with van der Waals surface area (Å²) in [5, 5.41) is 3.17. The normalized spacial score (nSPS) is 16.1. The van der Waals surface area contributed by atoms with Gasteiger partial charge in [0.2, 0.25) is 0 Å². The van der Waals surface area contributed by atoms with Crippen LogP contribution in [0.1, 0.15) is 27.7 Å². The van der Waals surface area contributed by atoms with Crippen molar-refractivity contribution < 1.29 is 18.3 Å². The number of hydrogen-bond acceptors (Lipinski definition) is 3. The van der Waals surface area contributed by atoms with E-state index in [9.17, 15) is 18.4 Å². The molecular weight excluding hydrogens is 380 g/mol. The molecule has 5 rings (SSSR count). The lowest BCUT2D eigenvalue weighted by atomic mass is 9.96. The van der Waals surface area contributed by atoms with Crippen LogP contribution in [-0.4, -0.2) is 21.9 Å². The van der Waals surface area contributed by atoms with E-state index in [4.69, 9.17) is 4.74 Å². The summed E-state index contributed by atoms with van der Waals surface area (Å²) in [7, 11) is 0. The van der Waals surface area contributed by atoms with Gasteiger partial charge >= 0.3 is 0 Å². The van der Waals surface area contributed by atoms with Crippen molar-refractivity contribution in [3.8, 4) is 0 Å². The number of fused-ring (bicyclic) bond motifs is 4. The Morgan fingerprint density at radius 1 is 1.17 bits per heavy atom. The predicted octanol–water partition coefficient (Wildman–Crippen LogP) is 3.06. The van der Waals surface area contributed by atoms with E-state index in [0.29, 0.717) is 16.8 Å². The highest BCUT2D eigenvalue weighted by Gasteiger charge is 2.27. The van der Waals surface area contributed by atoms with Crippen LogP contribution in [0.4, 0.5) is 8.78 Å². The zero-order chi connectivity index (χ0) is 20.1. The van der Waals surface area contributed by atoms with E-state index in [0.717, 1.165) is 17.6 Å². The number of pyridine rings is 2. The Morgan fingerprint density at radius 2 is 1.97 bits per heavy atom. The predicted molar refractivity (Wildman–Crippen MR) is 102 cm³/mol. The fraction of sp³-hybridized carbons (Fsp3) is 0.143. The Kier molecular flexibility index (Phi) is 3.95. The van der Waals surface area contributed by atoms with Gasteiger partial charge < -0.3 is 19.4 Å². The van der Waals surface area contributed by atoms with E-state index >= 15 is 0 Å². The lowest BCUT2D eigenvalue weighted by molar-refractivity contribution is 0.0694. The third-order valence-electron chi connectivity index (χ3n) is 5.14. The molecular formula is C21H15F2N3O3. The molecule has 0 spiro atoms. The summed E-state index contributed by atoms with van der Waals surface area (Å²) in [6.07, 6.45) is 3.54. The number of amides is 1. The number of benzene rings is 1. The Labute approximate surface area is 162 Å². The van der Waals surface area contributed by atoms with Crippen molar-refractivity contribution in [1.29, 1.82) is 0 Å². The molecule has 1 atom stereocenters. The van der Waals surface area contributed by atoms with E-state index in [1.54, 1.807) is 12.3 Å². The summed E-state index contributed by atoms with van der Waals surface area (Å²) in [4.78, 5) is 27.8. The number of rotatable bonds is 2. The summed E-state index contributed by atoms with van der Waals surface area (Å²) < 4.78 is 34.9. The molecule has 0 radical (unpaired) electrons. The molecule has 1 aliphatic rings. The summed E-state index contributed by atoms with van der Waals surface area (Å²) in [6.45, 7) is 0.258. The van der Waals surface area contributed by atoms with Crippen LogP contribution in [0.2, 0.25) is 0 Å². The van der Waals surface area contributed by atoms with Crippen molar-refractivity contribution in [1.82, 2.24) is 14.7 Å². The van der Waals surface area contributed by atoms with Crippen molar-refractivity contribution in [3.05, 3.63) is 87.6 Å². The standard InChI is InChI=1S/C21H15F2N3O3/c22-15-6-13-14(7-16(15)23)21(28)25-18-10-29-9-17(19(13)18)24-20(27)11-5-12-3-1-2-4-26(12)8-11/h1-8,17H,9-10H2,(H,24,27)(H,25,28)/t17-/m0/s1. The number of hydrogen-bond donors (Lipinski definition) is 2. The second kappa shape index (κ2) is 6.52. The molecule has 3 aromatic heterocycles. The topological polar surface area (TPSA) is 75.6 Å². The van der Waals surface area contributed by atoms with Gasteiger partial charge in [0.15, 0.2) is 11.6 Å². The molecule has 0 unspecified atom stereocenters. The van der Waals surface area contributed by atoms with Gasteiger partial charge in [-0.15, -0.1) is 0 Å². The minimum atomic E-state index is -1.10. The number of aromatic nitrogens is 2. The van der Waals surface area contributed by atoms with Crippen LogP contribution in [0.25, 0.3) is 16.3 Å². The molecule has 0 fully saturated rings. The van der Waals surface area contributed by atoms with Crippen molar-refractivity contribution >= 4 is 22.2 Å². The molecule has 0 saturated heterocycles. The number of ether oxygens (including phenoxy) is 1. The summed E-state index contributed by atoms with van der Waals surface area (Å²) in [5.41, 5.74) is 1.75. The average molecular weight is 395 g/mol. The quantitative estimate of drug-likeness (QED) is 0.548. The van der Waals surface area contributed by atoms with Crippen molar-refractivity contribution in [3.63, 3.8) is 0 Å². The first-order valence-electron chi connectivity index (χ1n) is 9.00. The van der Waals surface area contributed by atoms with Crippen LogP contribution < -0.4 is 10.9 Å². The number of nitrogens with zero attached hydrogens (tertiary/aromatic N) is 1. The second-order valence-corrected chi connectivity index (χ2v) is 6.96. The number of carbonyl (C=O) groups is 1. The van der Waals surface area contributed by atoms with Gasteiger partial charge in [-0.25, -0.2) is 8.78 Å². The molecule has 1 amide bonds. The molecule has 0 aliphatic carbocycles. The number of nitrogens with one attached hydrogen (secondary N) is 2. The van der Waals surface area contributed by atoms with E-state index in [2.05, 4.69) is 10.3 Å². The van der Waals surface area contributed by atoms with E-state index < -0.39 is 23.2 Å². The van der Waals surface area contributed by atoms with Crippen LogP contribution >= 0.6 is 0 Å². The molecule has 4 aromatic rings. The van der Waals surface area contributed by atoms with Crippen LogP contribution in [0.3, 0.4) is 0 Å². The van der Waals surface area contributed by atoms with Crippen LogP contribution in [0, 0.1) is 11.6 Å². The molecule has 6 nitrogen and oxygen atoms in total. The molecule has 1 aliphatic heterocycles. The van der Waals surface area contributed by atoms with Gasteiger partial charge in [0.25, 0.3) is 11.5 Å². The van der Waals surface area contributed by atoms with Crippen molar-refractivity contribution in [2.75, 3.05) is 6.61 Å². The molecule has 2 N–H and O–H groups in total. The van der Waals surface area contributed by atoms with E-state index in [-0.39, 0.29) is 29.9 Å². The first kappa shape index (κ1) is 17.6. The van der Waals surface area contributed by atoms with Crippen molar-refractivity contribution in [2.24, 2.45) is 0 Å². The fourth-order valence-corrected chi connectivity index (χ4v) is 3.80. The molecule has 1 aromatic carbocycles. The smallest absolute Gasteiger partial charge is 0.256 e.